The van der Waals surface area contributed by atoms with Gasteiger partial charge in [0.25, 0.3) is 0 Å². The zero-order chi connectivity index (χ0) is 18.0. The number of benzene rings is 2. The van der Waals surface area contributed by atoms with Gasteiger partial charge < -0.3 is 19.7 Å². The summed E-state index contributed by atoms with van der Waals surface area (Å²) in [5.41, 5.74) is 2.79. The van der Waals surface area contributed by atoms with E-state index in [1.165, 1.54) is 7.11 Å². The van der Waals surface area contributed by atoms with Crippen LogP contribution >= 0.6 is 0 Å². The SMILES string of the molecule is COc1cc(CC2COC(=O)C2Cc2ccc(O)c(C)c2)ccc1O. The Morgan fingerprint density at radius 1 is 1.08 bits per heavy atom. The molecule has 5 nitrogen and oxygen atoms in total. The minimum atomic E-state index is -0.219. The van der Waals surface area contributed by atoms with E-state index in [0.717, 1.165) is 16.7 Å². The van der Waals surface area contributed by atoms with E-state index in [2.05, 4.69) is 0 Å². The van der Waals surface area contributed by atoms with Crippen molar-refractivity contribution in [1.82, 2.24) is 0 Å². The first-order valence-corrected chi connectivity index (χ1v) is 8.29. The molecule has 1 aliphatic rings. The van der Waals surface area contributed by atoms with E-state index in [1.54, 1.807) is 18.2 Å². The van der Waals surface area contributed by atoms with Gasteiger partial charge in [-0.05, 0) is 54.7 Å². The lowest BCUT2D eigenvalue weighted by molar-refractivity contribution is -0.141. The Labute approximate surface area is 146 Å². The summed E-state index contributed by atoms with van der Waals surface area (Å²) in [6.45, 7) is 2.23. The van der Waals surface area contributed by atoms with Crippen molar-refractivity contribution in [3.63, 3.8) is 0 Å². The van der Waals surface area contributed by atoms with Crippen LogP contribution in [0.3, 0.4) is 0 Å². The van der Waals surface area contributed by atoms with Crippen molar-refractivity contribution >= 4 is 5.97 Å². The Kier molecular flexibility index (Phi) is 4.83. The lowest BCUT2D eigenvalue weighted by Crippen LogP contribution is -2.20. The smallest absolute Gasteiger partial charge is 0.309 e. The number of cyclic esters (lactones) is 1. The molecule has 0 bridgehead atoms. The molecule has 1 aliphatic heterocycles. The fourth-order valence-electron chi connectivity index (χ4n) is 3.31. The van der Waals surface area contributed by atoms with Crippen LogP contribution in [0.5, 0.6) is 17.2 Å². The first-order valence-electron chi connectivity index (χ1n) is 8.29. The van der Waals surface area contributed by atoms with Crippen molar-refractivity contribution in [3.05, 3.63) is 53.1 Å². The zero-order valence-corrected chi connectivity index (χ0v) is 14.4. The molecule has 0 saturated carbocycles. The van der Waals surface area contributed by atoms with E-state index < -0.39 is 0 Å². The number of phenols is 2. The molecule has 2 atom stereocenters. The average molecular weight is 342 g/mol. The lowest BCUT2D eigenvalue weighted by Gasteiger charge is -2.16. The Morgan fingerprint density at radius 2 is 1.76 bits per heavy atom. The first-order chi connectivity index (χ1) is 12.0. The van der Waals surface area contributed by atoms with Gasteiger partial charge in [-0.25, -0.2) is 0 Å². The number of hydrogen-bond acceptors (Lipinski definition) is 5. The molecule has 0 aliphatic carbocycles. The predicted octanol–water partition coefficient (Wildman–Crippen LogP) is 2.99. The first kappa shape index (κ1) is 17.1. The highest BCUT2D eigenvalue weighted by Crippen LogP contribution is 2.33. The Hall–Kier alpha value is -2.69. The third kappa shape index (κ3) is 3.71. The zero-order valence-electron chi connectivity index (χ0n) is 14.4. The van der Waals surface area contributed by atoms with Crippen LogP contribution in [0.25, 0.3) is 0 Å². The standard InChI is InChI=1S/C20H22O5/c1-12-7-13(3-5-17(12)21)9-16-15(11-25-20(16)23)8-14-4-6-18(22)19(10-14)24-2/h3-7,10,15-16,21-22H,8-9,11H2,1-2H3. The molecule has 5 heteroatoms. The molecule has 1 heterocycles. The van der Waals surface area contributed by atoms with Crippen molar-refractivity contribution in [1.29, 1.82) is 0 Å². The van der Waals surface area contributed by atoms with Crippen LogP contribution in [0.15, 0.2) is 36.4 Å². The maximum absolute atomic E-state index is 12.2. The third-order valence-corrected chi connectivity index (χ3v) is 4.77. The number of ether oxygens (including phenoxy) is 2. The molecule has 0 amide bonds. The molecule has 0 aromatic heterocycles. The minimum absolute atomic E-state index is 0.0656. The largest absolute Gasteiger partial charge is 0.508 e. The monoisotopic (exact) mass is 342 g/mol. The van der Waals surface area contributed by atoms with Crippen molar-refractivity contribution in [2.24, 2.45) is 11.8 Å². The predicted molar refractivity (Wildman–Crippen MR) is 92.8 cm³/mol. The number of aromatic hydroxyl groups is 2. The summed E-state index contributed by atoms with van der Waals surface area (Å²) in [6, 6.07) is 10.6. The second-order valence-electron chi connectivity index (χ2n) is 6.53. The van der Waals surface area contributed by atoms with Gasteiger partial charge >= 0.3 is 5.97 Å². The summed E-state index contributed by atoms with van der Waals surface area (Å²) in [7, 11) is 1.51. The maximum atomic E-state index is 12.2. The van der Waals surface area contributed by atoms with Crippen LogP contribution in [0, 0.1) is 18.8 Å². The second-order valence-corrected chi connectivity index (χ2v) is 6.53. The number of carbonyl (C=O) groups excluding carboxylic acids is 1. The van der Waals surface area contributed by atoms with Gasteiger partial charge in [0.05, 0.1) is 19.6 Å². The molecule has 0 spiro atoms. The molecule has 1 saturated heterocycles. The molecule has 2 unspecified atom stereocenters. The quantitative estimate of drug-likeness (QED) is 0.817. The lowest BCUT2D eigenvalue weighted by atomic mass is 9.84. The number of esters is 1. The van der Waals surface area contributed by atoms with Gasteiger partial charge in [-0.2, -0.15) is 0 Å². The fraction of sp³-hybridized carbons (Fsp3) is 0.350. The second kappa shape index (κ2) is 7.05. The highest BCUT2D eigenvalue weighted by Gasteiger charge is 2.36. The van der Waals surface area contributed by atoms with E-state index in [9.17, 15) is 15.0 Å². The van der Waals surface area contributed by atoms with Crippen molar-refractivity contribution in [2.45, 2.75) is 19.8 Å². The Bertz CT molecular complexity index is 784. The van der Waals surface area contributed by atoms with Crippen LogP contribution in [0.1, 0.15) is 16.7 Å². The molecule has 2 aromatic rings. The van der Waals surface area contributed by atoms with Gasteiger partial charge in [0.2, 0.25) is 0 Å². The fourth-order valence-corrected chi connectivity index (χ4v) is 3.31. The van der Waals surface area contributed by atoms with Crippen molar-refractivity contribution in [3.8, 4) is 17.2 Å². The summed E-state index contributed by atoms with van der Waals surface area (Å²) in [4.78, 5) is 12.2. The van der Waals surface area contributed by atoms with E-state index in [1.807, 2.05) is 25.1 Å². The molecular weight excluding hydrogens is 320 g/mol. The van der Waals surface area contributed by atoms with Crippen LogP contribution in [-0.4, -0.2) is 29.9 Å². The van der Waals surface area contributed by atoms with E-state index in [0.29, 0.717) is 25.2 Å². The van der Waals surface area contributed by atoms with Gasteiger partial charge in [-0.15, -0.1) is 0 Å². The molecular formula is C20H22O5. The molecule has 3 rings (SSSR count). The van der Waals surface area contributed by atoms with Crippen LogP contribution < -0.4 is 4.74 Å². The van der Waals surface area contributed by atoms with Gasteiger partial charge in [0.1, 0.15) is 5.75 Å². The normalized spacial score (nSPS) is 19.7. The summed E-state index contributed by atoms with van der Waals surface area (Å²) >= 11 is 0. The minimum Gasteiger partial charge on any atom is -0.508 e. The van der Waals surface area contributed by atoms with Crippen LogP contribution in [-0.2, 0) is 22.4 Å². The summed E-state index contributed by atoms with van der Waals surface area (Å²) in [5, 5.41) is 19.4. The highest BCUT2D eigenvalue weighted by molar-refractivity contribution is 5.75. The number of hydrogen-bond donors (Lipinski definition) is 2. The molecule has 2 N–H and O–H groups in total. The summed E-state index contributed by atoms with van der Waals surface area (Å²) < 4.78 is 10.4. The molecule has 132 valence electrons. The van der Waals surface area contributed by atoms with Gasteiger partial charge in [-0.3, -0.25) is 4.79 Å². The third-order valence-electron chi connectivity index (χ3n) is 4.77. The van der Waals surface area contributed by atoms with E-state index >= 15 is 0 Å². The molecule has 0 radical (unpaired) electrons. The Morgan fingerprint density at radius 3 is 2.44 bits per heavy atom. The highest BCUT2D eigenvalue weighted by atomic mass is 16.5. The Balaban J connectivity index is 1.76. The number of carbonyl (C=O) groups is 1. The molecule has 1 fully saturated rings. The van der Waals surface area contributed by atoms with Crippen molar-refractivity contribution < 1.29 is 24.5 Å². The number of aryl methyl sites for hydroxylation is 1. The van der Waals surface area contributed by atoms with E-state index in [-0.39, 0.29) is 29.3 Å². The molecule has 25 heavy (non-hydrogen) atoms. The average Bonchev–Trinajstić information content (AvgIpc) is 2.93. The summed E-state index contributed by atoms with van der Waals surface area (Å²) in [6.07, 6.45) is 1.25. The van der Waals surface area contributed by atoms with Crippen LogP contribution in [0.4, 0.5) is 0 Å². The van der Waals surface area contributed by atoms with Gasteiger partial charge in [0.15, 0.2) is 11.5 Å². The maximum Gasteiger partial charge on any atom is 0.309 e. The number of phenolic OH excluding ortho intramolecular Hbond substituents is 2. The van der Waals surface area contributed by atoms with E-state index in [4.69, 9.17) is 9.47 Å². The van der Waals surface area contributed by atoms with Gasteiger partial charge in [0, 0.05) is 5.92 Å². The topological polar surface area (TPSA) is 76.0 Å². The van der Waals surface area contributed by atoms with Gasteiger partial charge in [-0.1, -0.05) is 18.2 Å². The number of rotatable bonds is 5. The number of methoxy groups -OCH3 is 1. The summed E-state index contributed by atoms with van der Waals surface area (Å²) in [5.74, 6) is 0.445. The molecule has 2 aromatic carbocycles. The van der Waals surface area contributed by atoms with Crippen LogP contribution in [0.2, 0.25) is 0 Å². The van der Waals surface area contributed by atoms with Crippen molar-refractivity contribution in [2.75, 3.05) is 13.7 Å².